The molecule has 0 saturated carbocycles. The first-order chi connectivity index (χ1) is 7.33. The number of carboxylic acid groups (broad SMARTS) is 1. The number of carbonyl (C=O) groups is 1. The summed E-state index contributed by atoms with van der Waals surface area (Å²) in [6.07, 6.45) is 0. The Labute approximate surface area is 94.8 Å². The van der Waals surface area contributed by atoms with Crippen LogP contribution in [-0.4, -0.2) is 24.7 Å². The molecule has 0 aliphatic heterocycles. The molecule has 0 radical (unpaired) electrons. The highest BCUT2D eigenvalue weighted by atomic mass is 32.2. The Morgan fingerprint density at radius 1 is 1.44 bits per heavy atom. The van der Waals surface area contributed by atoms with Crippen molar-refractivity contribution in [1.82, 2.24) is 0 Å². The van der Waals surface area contributed by atoms with Crippen molar-refractivity contribution in [2.24, 2.45) is 0 Å². The van der Waals surface area contributed by atoms with Crippen LogP contribution in [0.15, 0.2) is 24.3 Å². The second-order valence-corrected chi connectivity index (χ2v) is 6.10. The predicted octanol–water partition coefficient (Wildman–Crippen LogP) is 1.38. The average Bonchev–Trinajstić information content (AvgIpc) is 2.15. The van der Waals surface area contributed by atoms with Crippen LogP contribution >= 0.6 is 0 Å². The fourth-order valence-electron chi connectivity index (χ4n) is 1.31. The van der Waals surface area contributed by atoms with Gasteiger partial charge in [-0.1, -0.05) is 29.8 Å². The molecule has 0 aliphatic carbocycles. The van der Waals surface area contributed by atoms with Crippen molar-refractivity contribution in [2.45, 2.75) is 24.9 Å². The Morgan fingerprint density at radius 2 is 2.06 bits per heavy atom. The lowest BCUT2D eigenvalue weighted by Crippen LogP contribution is -2.28. The molecule has 0 heterocycles. The lowest BCUT2D eigenvalue weighted by molar-refractivity contribution is -0.136. The molecule has 1 N–H and O–H groups in total. The summed E-state index contributed by atoms with van der Waals surface area (Å²) in [6, 6.07) is 7.04. The normalized spacial score (nSPS) is 13.4. The topological polar surface area (TPSA) is 71.4 Å². The van der Waals surface area contributed by atoms with Crippen LogP contribution in [0.4, 0.5) is 0 Å². The van der Waals surface area contributed by atoms with Gasteiger partial charge in [0.05, 0.1) is 5.75 Å². The molecule has 0 aromatic heterocycles. The van der Waals surface area contributed by atoms with Gasteiger partial charge in [0, 0.05) is 0 Å². The number of carboxylic acids is 1. The monoisotopic (exact) mass is 242 g/mol. The average molecular weight is 242 g/mol. The number of hydrogen-bond acceptors (Lipinski definition) is 3. The van der Waals surface area contributed by atoms with Gasteiger partial charge in [-0.15, -0.1) is 0 Å². The van der Waals surface area contributed by atoms with E-state index < -0.39 is 21.1 Å². The summed E-state index contributed by atoms with van der Waals surface area (Å²) in [7, 11) is -3.63. The Kier molecular flexibility index (Phi) is 3.70. The maximum Gasteiger partial charge on any atom is 0.321 e. The molecule has 1 aromatic rings. The van der Waals surface area contributed by atoms with Gasteiger partial charge in [-0.2, -0.15) is 0 Å². The Hall–Kier alpha value is -1.36. The summed E-state index contributed by atoms with van der Waals surface area (Å²) in [5.74, 6) is -1.55. The van der Waals surface area contributed by atoms with E-state index >= 15 is 0 Å². The first kappa shape index (κ1) is 12.7. The molecule has 0 aliphatic rings. The van der Waals surface area contributed by atoms with Gasteiger partial charge in [-0.25, -0.2) is 8.42 Å². The molecule has 4 nitrogen and oxygen atoms in total. The maximum atomic E-state index is 11.7. The van der Waals surface area contributed by atoms with Crippen molar-refractivity contribution >= 4 is 15.8 Å². The first-order valence-corrected chi connectivity index (χ1v) is 6.54. The second kappa shape index (κ2) is 4.65. The minimum absolute atomic E-state index is 0.234. The molecular formula is C11H14O4S. The molecule has 0 fully saturated rings. The number of hydrogen-bond donors (Lipinski definition) is 1. The maximum absolute atomic E-state index is 11.7. The van der Waals surface area contributed by atoms with Crippen LogP contribution in [0.25, 0.3) is 0 Å². The predicted molar refractivity (Wildman–Crippen MR) is 60.9 cm³/mol. The Bertz CT molecular complexity index is 490. The van der Waals surface area contributed by atoms with Crippen LogP contribution in [0.5, 0.6) is 0 Å². The summed E-state index contributed by atoms with van der Waals surface area (Å²) in [6.45, 7) is 3.05. The summed E-state index contributed by atoms with van der Waals surface area (Å²) in [5, 5.41) is 7.30. The molecular weight excluding hydrogens is 228 g/mol. The number of benzene rings is 1. The van der Waals surface area contributed by atoms with E-state index in [9.17, 15) is 13.2 Å². The zero-order chi connectivity index (χ0) is 12.3. The molecule has 88 valence electrons. The molecule has 1 rings (SSSR count). The van der Waals surface area contributed by atoms with Gasteiger partial charge in [0.15, 0.2) is 15.1 Å². The number of sulfone groups is 1. The SMILES string of the molecule is Cc1cccc(CS(=O)(=O)C(C)C(=O)O)c1. The highest BCUT2D eigenvalue weighted by Gasteiger charge is 2.27. The van der Waals surface area contributed by atoms with Gasteiger partial charge < -0.3 is 5.11 Å². The highest BCUT2D eigenvalue weighted by Crippen LogP contribution is 2.12. The third kappa shape index (κ3) is 3.06. The van der Waals surface area contributed by atoms with Crippen molar-refractivity contribution in [3.63, 3.8) is 0 Å². The van der Waals surface area contributed by atoms with Crippen molar-refractivity contribution in [3.05, 3.63) is 35.4 Å². The molecule has 0 amide bonds. The largest absolute Gasteiger partial charge is 0.480 e. The van der Waals surface area contributed by atoms with Crippen LogP contribution in [0.3, 0.4) is 0 Å². The smallest absolute Gasteiger partial charge is 0.321 e. The zero-order valence-corrected chi connectivity index (χ0v) is 9.99. The fraction of sp³-hybridized carbons (Fsp3) is 0.364. The molecule has 0 spiro atoms. The fourth-order valence-corrected chi connectivity index (χ4v) is 2.51. The molecule has 1 atom stereocenters. The number of aryl methyl sites for hydroxylation is 1. The van der Waals surface area contributed by atoms with E-state index in [4.69, 9.17) is 5.11 Å². The Morgan fingerprint density at radius 3 is 2.56 bits per heavy atom. The van der Waals surface area contributed by atoms with E-state index in [1.807, 2.05) is 13.0 Å². The molecule has 1 aromatic carbocycles. The van der Waals surface area contributed by atoms with Gasteiger partial charge in [0.2, 0.25) is 0 Å². The molecule has 16 heavy (non-hydrogen) atoms. The summed E-state index contributed by atoms with van der Waals surface area (Å²) in [5.41, 5.74) is 1.57. The lowest BCUT2D eigenvalue weighted by atomic mass is 10.2. The summed E-state index contributed by atoms with van der Waals surface area (Å²) < 4.78 is 23.3. The van der Waals surface area contributed by atoms with Gasteiger partial charge in [0.25, 0.3) is 0 Å². The van der Waals surface area contributed by atoms with Crippen LogP contribution in [0, 0.1) is 6.92 Å². The summed E-state index contributed by atoms with van der Waals surface area (Å²) in [4.78, 5) is 10.6. The van der Waals surface area contributed by atoms with E-state index in [1.54, 1.807) is 18.2 Å². The van der Waals surface area contributed by atoms with Gasteiger partial charge in [-0.05, 0) is 19.4 Å². The molecule has 0 bridgehead atoms. The zero-order valence-electron chi connectivity index (χ0n) is 9.17. The van der Waals surface area contributed by atoms with E-state index in [2.05, 4.69) is 0 Å². The summed E-state index contributed by atoms with van der Waals surface area (Å²) >= 11 is 0. The highest BCUT2D eigenvalue weighted by molar-refractivity contribution is 7.91. The first-order valence-electron chi connectivity index (χ1n) is 4.83. The second-order valence-electron chi connectivity index (χ2n) is 3.78. The van der Waals surface area contributed by atoms with Crippen LogP contribution < -0.4 is 0 Å². The standard InChI is InChI=1S/C11H14O4S/c1-8-4-3-5-10(6-8)7-16(14,15)9(2)11(12)13/h3-6,9H,7H2,1-2H3,(H,12,13). The van der Waals surface area contributed by atoms with Crippen molar-refractivity contribution in [1.29, 1.82) is 0 Å². The van der Waals surface area contributed by atoms with Gasteiger partial charge >= 0.3 is 5.97 Å². The van der Waals surface area contributed by atoms with Crippen molar-refractivity contribution in [3.8, 4) is 0 Å². The minimum Gasteiger partial charge on any atom is -0.480 e. The Balaban J connectivity index is 2.93. The van der Waals surface area contributed by atoms with Crippen LogP contribution in [0.1, 0.15) is 18.1 Å². The van der Waals surface area contributed by atoms with Crippen LogP contribution in [0.2, 0.25) is 0 Å². The van der Waals surface area contributed by atoms with E-state index in [0.717, 1.165) is 5.56 Å². The minimum atomic E-state index is -3.63. The third-order valence-corrected chi connectivity index (χ3v) is 4.35. The number of aliphatic carboxylic acids is 1. The van der Waals surface area contributed by atoms with E-state index in [-0.39, 0.29) is 5.75 Å². The third-order valence-electron chi connectivity index (χ3n) is 2.34. The van der Waals surface area contributed by atoms with Gasteiger partial charge in [-0.3, -0.25) is 4.79 Å². The van der Waals surface area contributed by atoms with E-state index in [1.165, 1.54) is 6.92 Å². The molecule has 5 heteroatoms. The quantitative estimate of drug-likeness (QED) is 0.865. The van der Waals surface area contributed by atoms with Crippen molar-refractivity contribution in [2.75, 3.05) is 0 Å². The molecule has 1 unspecified atom stereocenters. The van der Waals surface area contributed by atoms with Crippen molar-refractivity contribution < 1.29 is 18.3 Å². The van der Waals surface area contributed by atoms with Gasteiger partial charge in [0.1, 0.15) is 0 Å². The molecule has 0 saturated heterocycles. The lowest BCUT2D eigenvalue weighted by Gasteiger charge is -2.08. The number of rotatable bonds is 4. The van der Waals surface area contributed by atoms with Crippen LogP contribution in [-0.2, 0) is 20.4 Å². The van der Waals surface area contributed by atoms with E-state index in [0.29, 0.717) is 5.56 Å².